The molecule has 2 fully saturated rings. The second-order valence-corrected chi connectivity index (χ2v) is 3.73. The second kappa shape index (κ2) is 3.11. The van der Waals surface area contributed by atoms with Crippen LogP contribution in [0.5, 0.6) is 0 Å². The molecule has 2 unspecified atom stereocenters. The summed E-state index contributed by atoms with van der Waals surface area (Å²) in [5.41, 5.74) is 0. The Morgan fingerprint density at radius 2 is 2.45 bits per heavy atom. The van der Waals surface area contributed by atoms with Crippen LogP contribution in [0.15, 0.2) is 0 Å². The van der Waals surface area contributed by atoms with Crippen molar-refractivity contribution in [2.45, 2.75) is 25.8 Å². The third kappa shape index (κ3) is 1.42. The van der Waals surface area contributed by atoms with E-state index >= 15 is 0 Å². The summed E-state index contributed by atoms with van der Waals surface area (Å²) in [5.74, 6) is 0.946. The van der Waals surface area contributed by atoms with Gasteiger partial charge in [-0.05, 0) is 12.3 Å². The van der Waals surface area contributed by atoms with Crippen molar-refractivity contribution in [1.82, 2.24) is 4.90 Å². The van der Waals surface area contributed by atoms with Crippen molar-refractivity contribution in [3.05, 3.63) is 0 Å². The molecule has 2 aliphatic heterocycles. The molecule has 2 aliphatic rings. The molecule has 0 bridgehead atoms. The highest BCUT2D eigenvalue weighted by atomic mass is 16.5. The van der Waals surface area contributed by atoms with Crippen LogP contribution in [0.1, 0.15) is 19.8 Å². The number of fused-ring (bicyclic) bond motifs is 1. The van der Waals surface area contributed by atoms with Crippen molar-refractivity contribution in [3.63, 3.8) is 0 Å². The molecule has 0 saturated carbocycles. The zero-order valence-corrected chi connectivity index (χ0v) is 7.25. The van der Waals surface area contributed by atoms with Gasteiger partial charge in [-0.1, -0.05) is 13.3 Å². The van der Waals surface area contributed by atoms with Gasteiger partial charge < -0.3 is 4.74 Å². The highest BCUT2D eigenvalue weighted by Crippen LogP contribution is 2.27. The first-order valence-corrected chi connectivity index (χ1v) is 4.72. The molecule has 2 heteroatoms. The van der Waals surface area contributed by atoms with Crippen molar-refractivity contribution >= 4 is 0 Å². The Balaban J connectivity index is 1.92. The first-order valence-electron chi connectivity index (χ1n) is 4.72. The van der Waals surface area contributed by atoms with Crippen LogP contribution in [0.4, 0.5) is 0 Å². The Bertz CT molecular complexity index is 124. The molecule has 0 aromatic rings. The lowest BCUT2D eigenvalue weighted by Crippen LogP contribution is -2.40. The predicted octanol–water partition coefficient (Wildman–Crippen LogP) is 1.12. The third-order valence-corrected chi connectivity index (χ3v) is 3.02. The van der Waals surface area contributed by atoms with E-state index < -0.39 is 0 Å². The molecule has 0 radical (unpaired) electrons. The van der Waals surface area contributed by atoms with Gasteiger partial charge in [0.15, 0.2) is 0 Å². The molecule has 11 heavy (non-hydrogen) atoms. The molecule has 2 nitrogen and oxygen atoms in total. The van der Waals surface area contributed by atoms with Crippen LogP contribution in [0, 0.1) is 5.92 Å². The number of hydrogen-bond acceptors (Lipinski definition) is 2. The maximum Gasteiger partial charge on any atom is 0.0622 e. The number of rotatable bonds is 1. The Morgan fingerprint density at radius 3 is 3.18 bits per heavy atom. The van der Waals surface area contributed by atoms with Crippen molar-refractivity contribution in [3.8, 4) is 0 Å². The minimum atomic E-state index is 0.758. The van der Waals surface area contributed by atoms with E-state index in [4.69, 9.17) is 4.74 Å². The average molecular weight is 155 g/mol. The van der Waals surface area contributed by atoms with Gasteiger partial charge in [0.2, 0.25) is 0 Å². The van der Waals surface area contributed by atoms with E-state index in [9.17, 15) is 0 Å². The molecule has 0 N–H and O–H groups in total. The second-order valence-electron chi connectivity index (χ2n) is 3.73. The van der Waals surface area contributed by atoms with E-state index in [2.05, 4.69) is 11.8 Å². The summed E-state index contributed by atoms with van der Waals surface area (Å²) in [6, 6.07) is 0.758. The first kappa shape index (κ1) is 7.56. The summed E-state index contributed by atoms with van der Waals surface area (Å²) in [4.78, 5) is 2.59. The highest BCUT2D eigenvalue weighted by molar-refractivity contribution is 4.86. The molecule has 2 rings (SSSR count). The molecule has 0 aromatic carbocycles. The van der Waals surface area contributed by atoms with Crippen molar-refractivity contribution in [2.24, 2.45) is 5.92 Å². The summed E-state index contributed by atoms with van der Waals surface area (Å²) < 4.78 is 5.43. The molecule has 64 valence electrons. The summed E-state index contributed by atoms with van der Waals surface area (Å²) in [7, 11) is 0. The van der Waals surface area contributed by atoms with Gasteiger partial charge in [0.05, 0.1) is 13.2 Å². The minimum absolute atomic E-state index is 0.758. The van der Waals surface area contributed by atoms with Gasteiger partial charge in [-0.25, -0.2) is 0 Å². The fourth-order valence-electron chi connectivity index (χ4n) is 2.23. The Labute approximate surface area is 68.5 Å². The van der Waals surface area contributed by atoms with Crippen LogP contribution < -0.4 is 0 Å². The van der Waals surface area contributed by atoms with Gasteiger partial charge in [-0.3, -0.25) is 4.90 Å². The lowest BCUT2D eigenvalue weighted by molar-refractivity contribution is 0.0128. The van der Waals surface area contributed by atoms with Crippen LogP contribution >= 0.6 is 0 Å². The third-order valence-electron chi connectivity index (χ3n) is 3.02. The summed E-state index contributed by atoms with van der Waals surface area (Å²) >= 11 is 0. The van der Waals surface area contributed by atoms with Crippen LogP contribution in [0.25, 0.3) is 0 Å². The fourth-order valence-corrected chi connectivity index (χ4v) is 2.23. The van der Waals surface area contributed by atoms with E-state index in [0.29, 0.717) is 0 Å². The van der Waals surface area contributed by atoms with E-state index in [0.717, 1.165) is 25.2 Å². The molecule has 0 aliphatic carbocycles. The average Bonchev–Trinajstić information content (AvgIpc) is 2.46. The number of hydrogen-bond donors (Lipinski definition) is 0. The zero-order chi connectivity index (χ0) is 7.68. The molecular weight excluding hydrogens is 138 g/mol. The normalized spacial score (nSPS) is 39.0. The molecule has 0 amide bonds. The SMILES string of the molecule is CCC1CC2COCCN2C1. The van der Waals surface area contributed by atoms with Gasteiger partial charge in [-0.2, -0.15) is 0 Å². The van der Waals surface area contributed by atoms with Crippen LogP contribution in [-0.4, -0.2) is 37.2 Å². The lowest BCUT2D eigenvalue weighted by atomic mass is 10.0. The van der Waals surface area contributed by atoms with Gasteiger partial charge in [0.1, 0.15) is 0 Å². The van der Waals surface area contributed by atoms with Gasteiger partial charge in [0.25, 0.3) is 0 Å². The molecule has 0 aromatic heterocycles. The van der Waals surface area contributed by atoms with Crippen LogP contribution in [0.3, 0.4) is 0 Å². The monoisotopic (exact) mass is 155 g/mol. The lowest BCUT2D eigenvalue weighted by Gasteiger charge is -2.28. The summed E-state index contributed by atoms with van der Waals surface area (Å²) in [6.07, 6.45) is 2.71. The van der Waals surface area contributed by atoms with E-state index in [1.807, 2.05) is 0 Å². The topological polar surface area (TPSA) is 12.5 Å². The summed E-state index contributed by atoms with van der Waals surface area (Å²) in [6.45, 7) is 6.72. The maximum atomic E-state index is 5.43. The largest absolute Gasteiger partial charge is 0.378 e. The molecular formula is C9H17NO. The predicted molar refractivity (Wildman–Crippen MR) is 44.6 cm³/mol. The van der Waals surface area contributed by atoms with Crippen molar-refractivity contribution in [2.75, 3.05) is 26.3 Å². The van der Waals surface area contributed by atoms with Gasteiger partial charge >= 0.3 is 0 Å². The highest BCUT2D eigenvalue weighted by Gasteiger charge is 2.32. The van der Waals surface area contributed by atoms with E-state index in [-0.39, 0.29) is 0 Å². The number of ether oxygens (including phenoxy) is 1. The fraction of sp³-hybridized carbons (Fsp3) is 1.00. The maximum absolute atomic E-state index is 5.43. The molecule has 2 atom stereocenters. The van der Waals surface area contributed by atoms with Gasteiger partial charge in [0, 0.05) is 19.1 Å². The van der Waals surface area contributed by atoms with Crippen molar-refractivity contribution < 1.29 is 4.74 Å². The van der Waals surface area contributed by atoms with Crippen LogP contribution in [-0.2, 0) is 4.74 Å². The minimum Gasteiger partial charge on any atom is -0.378 e. The standard InChI is InChI=1S/C9H17NO/c1-2-8-5-9-7-11-4-3-10(9)6-8/h8-9H,2-7H2,1H3. The zero-order valence-electron chi connectivity index (χ0n) is 7.25. The summed E-state index contributed by atoms with van der Waals surface area (Å²) in [5, 5.41) is 0. The first-order chi connectivity index (χ1) is 5.40. The Morgan fingerprint density at radius 1 is 1.55 bits per heavy atom. The smallest absolute Gasteiger partial charge is 0.0622 e. The van der Waals surface area contributed by atoms with E-state index in [1.165, 1.54) is 25.9 Å². The molecule has 2 heterocycles. The quantitative estimate of drug-likeness (QED) is 0.562. The molecule has 0 spiro atoms. The van der Waals surface area contributed by atoms with Crippen molar-refractivity contribution in [1.29, 1.82) is 0 Å². The van der Waals surface area contributed by atoms with Crippen LogP contribution in [0.2, 0.25) is 0 Å². The van der Waals surface area contributed by atoms with E-state index in [1.54, 1.807) is 0 Å². The number of morpholine rings is 1. The Hall–Kier alpha value is -0.0800. The van der Waals surface area contributed by atoms with Gasteiger partial charge in [-0.15, -0.1) is 0 Å². The number of nitrogens with zero attached hydrogens (tertiary/aromatic N) is 1. The Kier molecular flexibility index (Phi) is 2.14. The molecule has 2 saturated heterocycles.